The Morgan fingerprint density at radius 2 is 1.57 bits per heavy atom. The number of carbonyl (C=O) groups excluding carboxylic acids is 1. The minimum atomic E-state index is -0.680. The van der Waals surface area contributed by atoms with Crippen molar-refractivity contribution in [2.24, 2.45) is 0 Å². The van der Waals surface area contributed by atoms with Gasteiger partial charge in [-0.3, -0.25) is 0 Å². The monoisotopic (exact) mass is 302 g/mol. The second kappa shape index (κ2) is 6.26. The van der Waals surface area contributed by atoms with Gasteiger partial charge in [0.25, 0.3) is 0 Å². The van der Waals surface area contributed by atoms with Gasteiger partial charge >= 0.3 is 11.7 Å². The molecule has 23 heavy (non-hydrogen) atoms. The van der Waals surface area contributed by atoms with E-state index in [0.29, 0.717) is 5.56 Å². The van der Waals surface area contributed by atoms with Crippen molar-refractivity contribution in [1.82, 2.24) is 0 Å². The Morgan fingerprint density at radius 1 is 0.913 bits per heavy atom. The van der Waals surface area contributed by atoms with Crippen molar-refractivity contribution in [2.45, 2.75) is 0 Å². The van der Waals surface area contributed by atoms with Gasteiger partial charge in [-0.05, 0) is 28.0 Å². The van der Waals surface area contributed by atoms with Gasteiger partial charge in [0.05, 0.1) is 12.7 Å². The minimum absolute atomic E-state index is 0.115. The third kappa shape index (κ3) is 2.63. The summed E-state index contributed by atoms with van der Waals surface area (Å²) in [6.07, 6.45) is 0. The van der Waals surface area contributed by atoms with Crippen LogP contribution in [-0.2, 0) is 9.53 Å². The van der Waals surface area contributed by atoms with Crippen LogP contribution < -0.4 is 0 Å². The number of carbonyl (C=O) groups is 1. The third-order valence-corrected chi connectivity index (χ3v) is 3.74. The third-order valence-electron chi connectivity index (χ3n) is 3.74. The zero-order valence-corrected chi connectivity index (χ0v) is 12.6. The quantitative estimate of drug-likeness (QED) is 0.320. The Bertz CT molecular complexity index is 936. The number of methoxy groups -OCH3 is 1. The van der Waals surface area contributed by atoms with Gasteiger partial charge in [-0.1, -0.05) is 60.7 Å². The highest BCUT2D eigenvalue weighted by Crippen LogP contribution is 2.31. The molecule has 0 aliphatic rings. The van der Waals surface area contributed by atoms with Crippen LogP contribution in [-0.4, -0.2) is 23.6 Å². The first-order valence-electron chi connectivity index (χ1n) is 7.14. The molecule has 0 radical (unpaired) electrons. The highest BCUT2D eigenvalue weighted by Gasteiger charge is 2.27. The molecule has 0 bridgehead atoms. The van der Waals surface area contributed by atoms with E-state index in [9.17, 15) is 10.3 Å². The van der Waals surface area contributed by atoms with Gasteiger partial charge in [-0.15, -0.1) is 0 Å². The summed E-state index contributed by atoms with van der Waals surface area (Å²) in [5, 5.41) is 2.16. The molecule has 0 fully saturated rings. The van der Waals surface area contributed by atoms with Crippen molar-refractivity contribution in [3.63, 3.8) is 0 Å². The van der Waals surface area contributed by atoms with Crippen molar-refractivity contribution in [2.75, 3.05) is 7.11 Å². The number of benzene rings is 3. The maximum atomic E-state index is 11.9. The number of rotatable bonds is 3. The lowest BCUT2D eigenvalue weighted by atomic mass is 9.93. The van der Waals surface area contributed by atoms with E-state index in [1.165, 1.54) is 7.11 Å². The zero-order valence-electron chi connectivity index (χ0n) is 12.6. The van der Waals surface area contributed by atoms with Crippen LogP contribution in [0.25, 0.3) is 27.4 Å². The van der Waals surface area contributed by atoms with Crippen LogP contribution in [0.3, 0.4) is 0 Å². The molecule has 0 aliphatic carbocycles. The van der Waals surface area contributed by atoms with Crippen LogP contribution in [0.5, 0.6) is 0 Å². The van der Waals surface area contributed by atoms with E-state index in [4.69, 9.17) is 4.74 Å². The molecule has 0 aliphatic heterocycles. The van der Waals surface area contributed by atoms with Crippen molar-refractivity contribution in [1.29, 1.82) is 0 Å². The van der Waals surface area contributed by atoms with E-state index < -0.39 is 5.97 Å². The lowest BCUT2D eigenvalue weighted by Crippen LogP contribution is -2.19. The number of hydrogen-bond donors (Lipinski definition) is 0. The molecule has 0 aromatic heterocycles. The molecule has 0 spiro atoms. The summed E-state index contributed by atoms with van der Waals surface area (Å²) in [6, 6.07) is 21.3. The second-order valence-corrected chi connectivity index (χ2v) is 5.01. The summed E-state index contributed by atoms with van der Waals surface area (Å²) in [6.45, 7) is 0. The van der Waals surface area contributed by atoms with Gasteiger partial charge in [0.15, 0.2) is 0 Å². The molecule has 3 aromatic rings. The molecule has 4 heteroatoms. The van der Waals surface area contributed by atoms with Crippen molar-refractivity contribution < 1.29 is 14.3 Å². The van der Waals surface area contributed by atoms with Gasteiger partial charge in [0, 0.05) is 0 Å². The fraction of sp³-hybridized carbons (Fsp3) is 0.0526. The normalized spacial score (nSPS) is 10.1. The van der Waals surface area contributed by atoms with Crippen LogP contribution in [0, 0.1) is 0 Å². The van der Waals surface area contributed by atoms with Gasteiger partial charge in [-0.2, -0.15) is 4.79 Å². The Labute approximate surface area is 133 Å². The van der Waals surface area contributed by atoms with E-state index in [2.05, 4.69) is 4.79 Å². The predicted molar refractivity (Wildman–Crippen MR) is 89.1 cm³/mol. The van der Waals surface area contributed by atoms with Crippen molar-refractivity contribution in [3.05, 3.63) is 77.8 Å². The fourth-order valence-corrected chi connectivity index (χ4v) is 2.69. The number of nitrogens with zero attached hydrogens (tertiary/aromatic N) is 2. The lowest BCUT2D eigenvalue weighted by molar-refractivity contribution is -0.137. The second-order valence-electron chi connectivity index (χ2n) is 5.01. The summed E-state index contributed by atoms with van der Waals surface area (Å²) in [4.78, 5) is 15.0. The Morgan fingerprint density at radius 3 is 2.35 bits per heavy atom. The smallest absolute Gasteiger partial charge is 0.422 e. The highest BCUT2D eigenvalue weighted by atomic mass is 16.5. The fourth-order valence-electron chi connectivity index (χ4n) is 2.69. The van der Waals surface area contributed by atoms with Gasteiger partial charge in [0.1, 0.15) is 0 Å². The van der Waals surface area contributed by atoms with Gasteiger partial charge in [0.2, 0.25) is 0 Å². The largest absolute Gasteiger partial charge is 0.460 e. The molecule has 3 aromatic carbocycles. The van der Waals surface area contributed by atoms with Crippen LogP contribution in [0.15, 0.2) is 66.7 Å². The first-order valence-corrected chi connectivity index (χ1v) is 7.14. The Kier molecular flexibility index (Phi) is 4.00. The number of fused-ring (bicyclic) bond motifs is 1. The number of esters is 1. The average molecular weight is 302 g/mol. The van der Waals surface area contributed by atoms with Crippen LogP contribution in [0.4, 0.5) is 0 Å². The van der Waals surface area contributed by atoms with Crippen LogP contribution in [0.2, 0.25) is 0 Å². The highest BCUT2D eigenvalue weighted by molar-refractivity contribution is 6.42. The summed E-state index contributed by atoms with van der Waals surface area (Å²) >= 11 is 0. The summed E-state index contributed by atoms with van der Waals surface area (Å²) < 4.78 is 4.71. The molecule has 0 unspecified atom stereocenters. The van der Waals surface area contributed by atoms with Crippen LogP contribution in [0.1, 0.15) is 5.56 Å². The van der Waals surface area contributed by atoms with Gasteiger partial charge < -0.3 is 10.3 Å². The van der Waals surface area contributed by atoms with E-state index in [1.54, 1.807) is 12.1 Å². The lowest BCUT2D eigenvalue weighted by Gasteiger charge is -2.09. The molecule has 0 atom stereocenters. The molecule has 3 rings (SSSR count). The summed E-state index contributed by atoms with van der Waals surface area (Å²) in [5.41, 5.74) is 11.4. The average Bonchev–Trinajstić information content (AvgIpc) is 2.62. The minimum Gasteiger partial charge on any atom is -0.460 e. The van der Waals surface area contributed by atoms with Crippen LogP contribution >= 0.6 is 0 Å². The molecule has 0 saturated carbocycles. The molecule has 4 nitrogen and oxygen atoms in total. The molecule has 0 saturated heterocycles. The molecular weight excluding hydrogens is 288 g/mol. The van der Waals surface area contributed by atoms with E-state index in [-0.39, 0.29) is 5.71 Å². The van der Waals surface area contributed by atoms with Crippen molar-refractivity contribution >= 4 is 22.5 Å². The standard InChI is InChI=1S/C19H14N2O2/c1-23-19(22)18(21-20)17-11-5-4-10-16(17)15-12-6-8-13-7-2-3-9-14(13)15/h2-12H,1H3. The maximum absolute atomic E-state index is 11.9. The number of ether oxygens (including phenoxy) is 1. The van der Waals surface area contributed by atoms with E-state index in [1.807, 2.05) is 54.6 Å². The Hall–Kier alpha value is -3.23. The maximum Gasteiger partial charge on any atom is 0.422 e. The predicted octanol–water partition coefficient (Wildman–Crippen LogP) is 3.70. The Balaban J connectivity index is 2.29. The van der Waals surface area contributed by atoms with E-state index >= 15 is 0 Å². The topological polar surface area (TPSA) is 62.7 Å². The van der Waals surface area contributed by atoms with Gasteiger partial charge in [-0.25, -0.2) is 4.79 Å². The molecule has 112 valence electrons. The van der Waals surface area contributed by atoms with E-state index in [0.717, 1.165) is 21.9 Å². The molecule has 0 N–H and O–H groups in total. The summed E-state index contributed by atoms with van der Waals surface area (Å²) in [7, 11) is 1.26. The number of hydrogen-bond acceptors (Lipinski definition) is 2. The first-order chi connectivity index (χ1) is 11.3. The molecule has 0 heterocycles. The van der Waals surface area contributed by atoms with Crippen molar-refractivity contribution in [3.8, 4) is 11.1 Å². The SMILES string of the molecule is COC(=O)C(=[N+]=[N-])c1ccccc1-c1cccc2ccccc12. The summed E-state index contributed by atoms with van der Waals surface area (Å²) in [5.74, 6) is -0.680. The molecular formula is C19H14N2O2. The molecule has 0 amide bonds. The first kappa shape index (κ1) is 14.7. The zero-order chi connectivity index (χ0) is 16.2.